The van der Waals surface area contributed by atoms with E-state index in [1.54, 1.807) is 6.20 Å². The minimum absolute atomic E-state index is 0.548. The maximum Gasteiger partial charge on any atom is 0.157 e. The van der Waals surface area contributed by atoms with Gasteiger partial charge in [-0.25, -0.2) is 4.21 Å². The van der Waals surface area contributed by atoms with Crippen molar-refractivity contribution in [3.05, 3.63) is 54.4 Å². The minimum Gasteiger partial charge on any atom is -0.372 e. The summed E-state index contributed by atoms with van der Waals surface area (Å²) in [7, 11) is -1.31. The zero-order chi connectivity index (χ0) is 17.2. The van der Waals surface area contributed by atoms with Crippen LogP contribution in [0.4, 0.5) is 5.69 Å². The van der Waals surface area contributed by atoms with E-state index < -0.39 is 11.0 Å². The highest BCUT2D eigenvalue weighted by Gasteiger charge is 2.17. The Morgan fingerprint density at radius 1 is 1.16 bits per heavy atom. The molecule has 1 aromatic carbocycles. The van der Waals surface area contributed by atoms with Gasteiger partial charge in [-0.1, -0.05) is 6.07 Å². The largest absolute Gasteiger partial charge is 0.372 e. The van der Waals surface area contributed by atoms with Crippen molar-refractivity contribution in [3.63, 3.8) is 0 Å². The van der Waals surface area contributed by atoms with Crippen LogP contribution >= 0.6 is 0 Å². The van der Waals surface area contributed by atoms with E-state index in [-0.39, 0.29) is 0 Å². The van der Waals surface area contributed by atoms with Crippen LogP contribution in [0.3, 0.4) is 0 Å². The fourth-order valence-electron chi connectivity index (χ4n) is 3.45. The third kappa shape index (κ3) is 3.07. The molecule has 5 nitrogen and oxygen atoms in total. The Kier molecular flexibility index (Phi) is 4.55. The van der Waals surface area contributed by atoms with Gasteiger partial charge in [0.2, 0.25) is 0 Å². The van der Waals surface area contributed by atoms with Crippen LogP contribution in [-0.4, -0.2) is 32.8 Å². The lowest BCUT2D eigenvalue weighted by Gasteiger charge is -2.18. The first-order valence-electron chi connectivity index (χ1n) is 8.70. The Hall–Kier alpha value is -2.18. The summed E-state index contributed by atoms with van der Waals surface area (Å²) < 4.78 is 15.1. The van der Waals surface area contributed by atoms with Crippen LogP contribution in [0.15, 0.2) is 53.7 Å². The number of nitrogens with zero attached hydrogens (tertiary/aromatic N) is 3. The van der Waals surface area contributed by atoms with Crippen LogP contribution in [-0.2, 0) is 17.4 Å². The number of rotatable bonds is 5. The lowest BCUT2D eigenvalue weighted by atomic mass is 10.2. The lowest BCUT2D eigenvalue weighted by molar-refractivity contribution is 0.678. The van der Waals surface area contributed by atoms with Crippen LogP contribution in [0.5, 0.6) is 0 Å². The summed E-state index contributed by atoms with van der Waals surface area (Å²) in [5.74, 6) is 0. The standard InChI is InChI=1S/C19H22N4OS/c20-9-8-15-14-23(18-7-4-10-21-19(15)18)25(24)17-6-3-5-16(13-17)22-11-1-2-12-22/h3-7,10,13-14H,1-2,8-9,11-12,20H2. The summed E-state index contributed by atoms with van der Waals surface area (Å²) in [5, 5.41) is 0. The van der Waals surface area contributed by atoms with Crippen molar-refractivity contribution in [1.29, 1.82) is 0 Å². The van der Waals surface area contributed by atoms with Crippen molar-refractivity contribution in [2.24, 2.45) is 5.73 Å². The Balaban J connectivity index is 1.74. The Bertz CT molecular complexity index is 915. The number of hydrogen-bond acceptors (Lipinski definition) is 4. The first kappa shape index (κ1) is 16.3. The molecule has 1 atom stereocenters. The average molecular weight is 354 g/mol. The number of anilines is 1. The normalized spacial score (nSPS) is 15.8. The molecule has 3 aromatic rings. The maximum absolute atomic E-state index is 13.2. The molecular formula is C19H22N4OS. The topological polar surface area (TPSA) is 64.2 Å². The van der Waals surface area contributed by atoms with E-state index in [1.165, 1.54) is 12.8 Å². The van der Waals surface area contributed by atoms with Gasteiger partial charge in [0.25, 0.3) is 0 Å². The van der Waals surface area contributed by atoms with E-state index in [9.17, 15) is 4.21 Å². The van der Waals surface area contributed by atoms with E-state index in [2.05, 4.69) is 16.0 Å². The first-order chi connectivity index (χ1) is 12.3. The molecule has 1 unspecified atom stereocenters. The van der Waals surface area contributed by atoms with Gasteiger partial charge in [0, 0.05) is 31.2 Å². The van der Waals surface area contributed by atoms with Gasteiger partial charge in [0.1, 0.15) is 0 Å². The second kappa shape index (κ2) is 6.98. The second-order valence-electron chi connectivity index (χ2n) is 6.33. The van der Waals surface area contributed by atoms with Crippen LogP contribution in [0.2, 0.25) is 0 Å². The molecule has 4 rings (SSSR count). The summed E-state index contributed by atoms with van der Waals surface area (Å²) in [6.07, 6.45) is 6.88. The Morgan fingerprint density at radius 3 is 2.80 bits per heavy atom. The minimum atomic E-state index is -1.31. The smallest absolute Gasteiger partial charge is 0.157 e. The zero-order valence-corrected chi connectivity index (χ0v) is 14.9. The van der Waals surface area contributed by atoms with E-state index in [0.29, 0.717) is 6.54 Å². The number of benzene rings is 1. The van der Waals surface area contributed by atoms with E-state index in [1.807, 2.05) is 40.5 Å². The summed E-state index contributed by atoms with van der Waals surface area (Å²) in [6, 6.07) is 11.9. The van der Waals surface area contributed by atoms with Crippen LogP contribution in [0.25, 0.3) is 11.0 Å². The lowest BCUT2D eigenvalue weighted by Crippen LogP contribution is -2.17. The highest BCUT2D eigenvalue weighted by molar-refractivity contribution is 7.83. The molecule has 2 aromatic heterocycles. The summed E-state index contributed by atoms with van der Waals surface area (Å²) >= 11 is 0. The van der Waals surface area contributed by atoms with Crippen molar-refractivity contribution in [2.45, 2.75) is 24.2 Å². The highest BCUT2D eigenvalue weighted by atomic mass is 32.2. The molecule has 0 aliphatic carbocycles. The van der Waals surface area contributed by atoms with E-state index in [4.69, 9.17) is 5.73 Å². The fourth-order valence-corrected chi connectivity index (χ4v) is 4.64. The van der Waals surface area contributed by atoms with Crippen LogP contribution < -0.4 is 10.6 Å². The van der Waals surface area contributed by atoms with Gasteiger partial charge in [-0.05, 0) is 61.7 Å². The van der Waals surface area contributed by atoms with Crippen molar-refractivity contribution < 1.29 is 4.21 Å². The fraction of sp³-hybridized carbons (Fsp3) is 0.316. The molecule has 0 spiro atoms. The van der Waals surface area contributed by atoms with Gasteiger partial charge in [0.05, 0.1) is 15.9 Å². The highest BCUT2D eigenvalue weighted by Crippen LogP contribution is 2.26. The number of aromatic nitrogens is 2. The van der Waals surface area contributed by atoms with Crippen LogP contribution in [0, 0.1) is 0 Å². The monoisotopic (exact) mass is 354 g/mol. The van der Waals surface area contributed by atoms with E-state index >= 15 is 0 Å². The molecule has 2 N–H and O–H groups in total. The second-order valence-corrected chi connectivity index (χ2v) is 7.69. The average Bonchev–Trinajstić information content (AvgIpc) is 3.30. The van der Waals surface area contributed by atoms with Crippen molar-refractivity contribution >= 4 is 27.7 Å². The first-order valence-corrected chi connectivity index (χ1v) is 9.81. The molecule has 1 aliphatic rings. The number of fused-ring (bicyclic) bond motifs is 1. The Morgan fingerprint density at radius 2 is 2.00 bits per heavy atom. The van der Waals surface area contributed by atoms with Gasteiger partial charge in [-0.15, -0.1) is 0 Å². The predicted octanol–water partition coefficient (Wildman–Crippen LogP) is 2.71. The number of pyridine rings is 1. The molecule has 0 radical (unpaired) electrons. The molecule has 1 fully saturated rings. The summed E-state index contributed by atoms with van der Waals surface area (Å²) in [5.41, 5.74) is 9.69. The molecule has 6 heteroatoms. The molecule has 130 valence electrons. The SMILES string of the molecule is NCCc1cn(S(=O)c2cccc(N3CCCC3)c2)c2cccnc12. The molecule has 3 heterocycles. The molecule has 0 saturated carbocycles. The third-order valence-corrected chi connectivity index (χ3v) is 6.00. The van der Waals surface area contributed by atoms with Gasteiger partial charge >= 0.3 is 0 Å². The van der Waals surface area contributed by atoms with Crippen molar-refractivity contribution in [2.75, 3.05) is 24.5 Å². The summed E-state index contributed by atoms with van der Waals surface area (Å²) in [4.78, 5) is 7.62. The quantitative estimate of drug-likeness (QED) is 0.765. The predicted molar refractivity (Wildman–Crippen MR) is 102 cm³/mol. The van der Waals surface area contributed by atoms with Gasteiger partial charge < -0.3 is 10.6 Å². The Labute approximate surface area is 150 Å². The molecule has 1 saturated heterocycles. The van der Waals surface area contributed by atoms with Gasteiger partial charge in [0.15, 0.2) is 11.0 Å². The molecule has 1 aliphatic heterocycles. The van der Waals surface area contributed by atoms with Crippen LogP contribution in [0.1, 0.15) is 18.4 Å². The van der Waals surface area contributed by atoms with Crippen molar-refractivity contribution in [3.8, 4) is 0 Å². The zero-order valence-electron chi connectivity index (χ0n) is 14.1. The third-order valence-electron chi connectivity index (χ3n) is 4.68. The molecule has 25 heavy (non-hydrogen) atoms. The summed E-state index contributed by atoms with van der Waals surface area (Å²) in [6.45, 7) is 2.70. The van der Waals surface area contributed by atoms with Crippen molar-refractivity contribution in [1.82, 2.24) is 8.96 Å². The number of nitrogens with two attached hydrogens (primary N) is 1. The van der Waals surface area contributed by atoms with Gasteiger partial charge in [-0.2, -0.15) is 0 Å². The molecule has 0 bridgehead atoms. The molecular weight excluding hydrogens is 332 g/mol. The number of hydrogen-bond donors (Lipinski definition) is 1. The maximum atomic E-state index is 13.2. The van der Waals surface area contributed by atoms with Gasteiger partial charge in [-0.3, -0.25) is 8.96 Å². The van der Waals surface area contributed by atoms with E-state index in [0.717, 1.165) is 46.7 Å². The molecule has 0 amide bonds.